The first-order valence-electron chi connectivity index (χ1n) is 8.35. The fraction of sp³-hybridized carbons (Fsp3) is 0.158. The zero-order valence-corrected chi connectivity index (χ0v) is 16.1. The van der Waals surface area contributed by atoms with Crippen molar-refractivity contribution in [2.45, 2.75) is 11.4 Å². The molecule has 1 aliphatic rings. The monoisotopic (exact) mass is 423 g/mol. The highest BCUT2D eigenvalue weighted by atomic mass is 32.2. The molecule has 1 aromatic heterocycles. The van der Waals surface area contributed by atoms with Crippen LogP contribution in [0.1, 0.15) is 4.88 Å². The molecular formula is C19H15F2NO4S2. The number of hydrogen-bond donors (Lipinski definition) is 0. The zero-order chi connectivity index (χ0) is 19.7. The third-order valence-corrected chi connectivity index (χ3v) is 6.82. The van der Waals surface area contributed by atoms with Crippen LogP contribution in [0.4, 0.5) is 14.5 Å². The molecule has 0 radical (unpaired) electrons. The van der Waals surface area contributed by atoms with Crippen molar-refractivity contribution in [1.29, 1.82) is 0 Å². The van der Waals surface area contributed by atoms with Gasteiger partial charge in [0.25, 0.3) is 10.0 Å². The van der Waals surface area contributed by atoms with Gasteiger partial charge in [0.05, 0.1) is 12.2 Å². The molecule has 146 valence electrons. The summed E-state index contributed by atoms with van der Waals surface area (Å²) in [5.41, 5.74) is 0.293. The summed E-state index contributed by atoms with van der Waals surface area (Å²) >= 11 is 1.38. The molecule has 3 aromatic rings. The van der Waals surface area contributed by atoms with E-state index in [4.69, 9.17) is 9.47 Å². The van der Waals surface area contributed by atoms with Crippen LogP contribution in [-0.2, 0) is 16.6 Å². The lowest BCUT2D eigenvalue weighted by molar-refractivity contribution is 0.171. The van der Waals surface area contributed by atoms with Gasteiger partial charge in [-0.2, -0.15) is 0 Å². The van der Waals surface area contributed by atoms with Gasteiger partial charge in [0.15, 0.2) is 11.5 Å². The van der Waals surface area contributed by atoms with Gasteiger partial charge >= 0.3 is 0 Å². The smallest absolute Gasteiger partial charge is 0.267 e. The van der Waals surface area contributed by atoms with Crippen molar-refractivity contribution in [2.75, 3.05) is 17.5 Å². The van der Waals surface area contributed by atoms with Crippen LogP contribution < -0.4 is 13.8 Å². The summed E-state index contributed by atoms with van der Waals surface area (Å²) in [6.45, 7) is 0.752. The highest BCUT2D eigenvalue weighted by molar-refractivity contribution is 7.92. The van der Waals surface area contributed by atoms with Crippen LogP contribution in [0, 0.1) is 11.6 Å². The molecule has 0 bridgehead atoms. The second-order valence-corrected chi connectivity index (χ2v) is 8.86. The van der Waals surface area contributed by atoms with Crippen LogP contribution in [0.3, 0.4) is 0 Å². The molecule has 0 saturated carbocycles. The average molecular weight is 423 g/mol. The van der Waals surface area contributed by atoms with Crippen molar-refractivity contribution < 1.29 is 26.7 Å². The summed E-state index contributed by atoms with van der Waals surface area (Å²) in [5.74, 6) is -1.07. The first-order valence-corrected chi connectivity index (χ1v) is 10.7. The van der Waals surface area contributed by atoms with Crippen molar-refractivity contribution in [3.63, 3.8) is 0 Å². The Morgan fingerprint density at radius 1 is 1.00 bits per heavy atom. The Morgan fingerprint density at radius 2 is 1.79 bits per heavy atom. The van der Waals surface area contributed by atoms with Crippen LogP contribution in [0.5, 0.6) is 11.5 Å². The van der Waals surface area contributed by atoms with E-state index in [9.17, 15) is 17.2 Å². The van der Waals surface area contributed by atoms with E-state index in [0.717, 1.165) is 21.3 Å². The van der Waals surface area contributed by atoms with Gasteiger partial charge in [-0.25, -0.2) is 17.2 Å². The van der Waals surface area contributed by atoms with Gasteiger partial charge < -0.3 is 9.47 Å². The normalized spacial score (nSPS) is 13.4. The average Bonchev–Trinajstić information content (AvgIpc) is 3.18. The predicted molar refractivity (Wildman–Crippen MR) is 101 cm³/mol. The summed E-state index contributed by atoms with van der Waals surface area (Å²) in [5, 5.41) is 1.82. The van der Waals surface area contributed by atoms with Gasteiger partial charge in [0, 0.05) is 17.0 Å². The van der Waals surface area contributed by atoms with Crippen molar-refractivity contribution in [1.82, 2.24) is 0 Å². The molecule has 0 spiro atoms. The molecule has 5 nitrogen and oxygen atoms in total. The number of rotatable bonds is 5. The Morgan fingerprint density at radius 3 is 2.50 bits per heavy atom. The van der Waals surface area contributed by atoms with Crippen LogP contribution in [0.15, 0.2) is 58.8 Å². The summed E-state index contributed by atoms with van der Waals surface area (Å²) in [6.07, 6.45) is 0. The molecular weight excluding hydrogens is 408 g/mol. The Hall–Kier alpha value is -2.65. The minimum atomic E-state index is -4.30. The Bertz CT molecular complexity index is 1100. The van der Waals surface area contributed by atoms with Crippen molar-refractivity contribution in [3.05, 3.63) is 70.4 Å². The maximum atomic E-state index is 14.3. The third-order valence-electron chi connectivity index (χ3n) is 4.16. The van der Waals surface area contributed by atoms with E-state index in [0.29, 0.717) is 36.5 Å². The number of nitrogens with zero attached hydrogens (tertiary/aromatic N) is 1. The highest BCUT2D eigenvalue weighted by Crippen LogP contribution is 2.37. The van der Waals surface area contributed by atoms with Crippen molar-refractivity contribution >= 4 is 27.0 Å². The number of sulfonamides is 1. The second-order valence-electron chi connectivity index (χ2n) is 5.99. The van der Waals surface area contributed by atoms with Gasteiger partial charge in [-0.3, -0.25) is 4.31 Å². The van der Waals surface area contributed by atoms with Gasteiger partial charge in [0.1, 0.15) is 29.7 Å². The lowest BCUT2D eigenvalue weighted by Crippen LogP contribution is -2.31. The molecule has 28 heavy (non-hydrogen) atoms. The number of fused-ring (bicyclic) bond motifs is 1. The molecule has 2 aromatic carbocycles. The summed E-state index contributed by atoms with van der Waals surface area (Å²) in [6, 6.07) is 10.7. The first kappa shape index (κ1) is 18.7. The molecule has 0 atom stereocenters. The first-order chi connectivity index (χ1) is 13.4. The molecule has 2 heterocycles. The molecule has 0 amide bonds. The van der Waals surface area contributed by atoms with Crippen LogP contribution in [0.2, 0.25) is 0 Å². The Kier molecular flexibility index (Phi) is 4.94. The van der Waals surface area contributed by atoms with Gasteiger partial charge in [0.2, 0.25) is 0 Å². The maximum absolute atomic E-state index is 14.3. The minimum absolute atomic E-state index is 0.00351. The molecule has 9 heteroatoms. The van der Waals surface area contributed by atoms with E-state index in [1.165, 1.54) is 11.3 Å². The SMILES string of the molecule is O=S(=O)(c1ccc(F)cc1F)N(Cc1cccs1)c1ccc2c(c1)OCCO2. The number of ether oxygens (including phenoxy) is 2. The maximum Gasteiger partial charge on any atom is 0.267 e. The molecule has 0 aliphatic carbocycles. The molecule has 0 N–H and O–H groups in total. The standard InChI is InChI=1S/C19H15F2NO4S2/c20-13-3-6-19(16(21)10-13)28(23,24)22(12-15-2-1-9-27-15)14-4-5-17-18(11-14)26-8-7-25-17/h1-6,9-11H,7-8,12H2. The van der Waals surface area contributed by atoms with E-state index in [-0.39, 0.29) is 6.54 Å². The Labute approximate surface area is 164 Å². The number of hydrogen-bond acceptors (Lipinski definition) is 5. The fourth-order valence-electron chi connectivity index (χ4n) is 2.85. The number of benzene rings is 2. The van der Waals surface area contributed by atoms with E-state index < -0.39 is 26.6 Å². The highest BCUT2D eigenvalue weighted by Gasteiger charge is 2.30. The fourth-order valence-corrected chi connectivity index (χ4v) is 5.11. The van der Waals surface area contributed by atoms with Crippen LogP contribution in [0.25, 0.3) is 0 Å². The van der Waals surface area contributed by atoms with Gasteiger partial charge in [-0.1, -0.05) is 6.07 Å². The third kappa shape index (κ3) is 3.55. The topological polar surface area (TPSA) is 55.8 Å². The Balaban J connectivity index is 1.81. The summed E-state index contributed by atoms with van der Waals surface area (Å²) in [4.78, 5) is 0.168. The van der Waals surface area contributed by atoms with E-state index in [1.54, 1.807) is 30.3 Å². The molecule has 4 rings (SSSR count). The quantitative estimate of drug-likeness (QED) is 0.618. The molecule has 1 aliphatic heterocycles. The van der Waals surface area contributed by atoms with Crippen molar-refractivity contribution in [2.24, 2.45) is 0 Å². The second kappa shape index (κ2) is 7.40. The zero-order valence-electron chi connectivity index (χ0n) is 14.5. The minimum Gasteiger partial charge on any atom is -0.486 e. The van der Waals surface area contributed by atoms with E-state index in [1.807, 2.05) is 5.38 Å². The van der Waals surface area contributed by atoms with Crippen LogP contribution in [-0.4, -0.2) is 21.6 Å². The number of thiophene rings is 1. The molecule has 0 unspecified atom stereocenters. The molecule has 0 saturated heterocycles. The van der Waals surface area contributed by atoms with Gasteiger partial charge in [-0.05, 0) is 35.7 Å². The predicted octanol–water partition coefficient (Wildman–Crippen LogP) is 4.19. The summed E-state index contributed by atoms with van der Waals surface area (Å²) < 4.78 is 66.2. The largest absolute Gasteiger partial charge is 0.486 e. The lowest BCUT2D eigenvalue weighted by Gasteiger charge is -2.26. The molecule has 0 fully saturated rings. The van der Waals surface area contributed by atoms with E-state index >= 15 is 0 Å². The van der Waals surface area contributed by atoms with E-state index in [2.05, 4.69) is 0 Å². The van der Waals surface area contributed by atoms with Crippen LogP contribution >= 0.6 is 11.3 Å². The van der Waals surface area contributed by atoms with Gasteiger partial charge in [-0.15, -0.1) is 11.3 Å². The number of anilines is 1. The lowest BCUT2D eigenvalue weighted by atomic mass is 10.2. The number of halogens is 2. The summed E-state index contributed by atoms with van der Waals surface area (Å²) in [7, 11) is -4.30. The van der Waals surface area contributed by atoms with Crippen molar-refractivity contribution in [3.8, 4) is 11.5 Å².